The van der Waals surface area contributed by atoms with E-state index in [9.17, 15) is 13.2 Å². The van der Waals surface area contributed by atoms with Crippen LogP contribution in [0.1, 0.15) is 42.6 Å². The molecule has 0 bridgehead atoms. The van der Waals surface area contributed by atoms with Crippen LogP contribution >= 0.6 is 0 Å². The second kappa shape index (κ2) is 7.77. The molecule has 1 amide bonds. The first-order valence-electron chi connectivity index (χ1n) is 9.54. The van der Waals surface area contributed by atoms with Crippen molar-refractivity contribution in [2.45, 2.75) is 38.0 Å². The van der Waals surface area contributed by atoms with Gasteiger partial charge in [0.25, 0.3) is 15.9 Å². The summed E-state index contributed by atoms with van der Waals surface area (Å²) in [7, 11) is -0.205. The van der Waals surface area contributed by atoms with Crippen molar-refractivity contribution < 1.29 is 17.6 Å². The molecule has 0 aliphatic rings. The molecule has 30 heavy (non-hydrogen) atoms. The Bertz CT molecular complexity index is 1200. The van der Waals surface area contributed by atoms with Crippen LogP contribution in [0.5, 0.6) is 0 Å². The number of rotatable bonds is 5. The SMILES string of the molecule is Cc1oc(C(C)(C)C)cc1C(=O)NNS(=O)(=O)c1cccc2c(N(C)C)cccc12. The van der Waals surface area contributed by atoms with E-state index in [0.717, 1.165) is 11.1 Å². The number of anilines is 1. The smallest absolute Gasteiger partial charge is 0.269 e. The third kappa shape index (κ3) is 4.20. The molecule has 3 rings (SSSR count). The van der Waals surface area contributed by atoms with Crippen LogP contribution in [0.2, 0.25) is 0 Å². The summed E-state index contributed by atoms with van der Waals surface area (Å²) < 4.78 is 31.6. The van der Waals surface area contributed by atoms with E-state index in [1.807, 2.05) is 51.9 Å². The van der Waals surface area contributed by atoms with Crippen molar-refractivity contribution in [1.82, 2.24) is 10.3 Å². The van der Waals surface area contributed by atoms with E-state index in [1.165, 1.54) is 6.07 Å². The summed E-state index contributed by atoms with van der Waals surface area (Å²) in [6.07, 6.45) is 0. The average Bonchev–Trinajstić information content (AvgIpc) is 3.07. The van der Waals surface area contributed by atoms with Crippen molar-refractivity contribution in [2.75, 3.05) is 19.0 Å². The summed E-state index contributed by atoms with van der Waals surface area (Å²) in [5.74, 6) is 0.500. The summed E-state index contributed by atoms with van der Waals surface area (Å²) in [4.78, 5) is 16.8. The molecule has 2 N–H and O–H groups in total. The predicted octanol–water partition coefficient (Wildman–Crippen LogP) is 3.73. The van der Waals surface area contributed by atoms with E-state index >= 15 is 0 Å². The minimum Gasteiger partial charge on any atom is -0.465 e. The van der Waals surface area contributed by atoms with Crippen LogP contribution < -0.4 is 15.2 Å². The summed E-state index contributed by atoms with van der Waals surface area (Å²) in [6.45, 7) is 7.58. The van der Waals surface area contributed by atoms with Gasteiger partial charge in [0.15, 0.2) is 0 Å². The van der Waals surface area contributed by atoms with E-state index < -0.39 is 15.9 Å². The highest BCUT2D eigenvalue weighted by Crippen LogP contribution is 2.30. The van der Waals surface area contributed by atoms with Gasteiger partial charge in [-0.3, -0.25) is 10.2 Å². The number of hydrogen-bond donors (Lipinski definition) is 2. The van der Waals surface area contributed by atoms with Gasteiger partial charge in [0.2, 0.25) is 0 Å². The van der Waals surface area contributed by atoms with Gasteiger partial charge in [-0.15, -0.1) is 4.83 Å². The Morgan fingerprint density at radius 1 is 1.03 bits per heavy atom. The number of furan rings is 1. The van der Waals surface area contributed by atoms with Crippen molar-refractivity contribution in [3.8, 4) is 0 Å². The molecule has 0 aliphatic carbocycles. The first-order valence-corrected chi connectivity index (χ1v) is 11.0. The number of carbonyl (C=O) groups is 1. The lowest BCUT2D eigenvalue weighted by atomic mass is 9.93. The summed E-state index contributed by atoms with van der Waals surface area (Å²) in [5.41, 5.74) is 3.22. The first-order chi connectivity index (χ1) is 13.9. The fourth-order valence-electron chi connectivity index (χ4n) is 3.20. The van der Waals surface area contributed by atoms with Gasteiger partial charge in [-0.25, -0.2) is 8.42 Å². The molecule has 0 unspecified atom stereocenters. The molecule has 0 fully saturated rings. The Balaban J connectivity index is 1.89. The van der Waals surface area contributed by atoms with Crippen molar-refractivity contribution in [3.63, 3.8) is 0 Å². The van der Waals surface area contributed by atoms with Crippen LogP contribution in [0.4, 0.5) is 5.69 Å². The zero-order chi connectivity index (χ0) is 22.3. The predicted molar refractivity (Wildman–Crippen MR) is 118 cm³/mol. The lowest BCUT2D eigenvalue weighted by molar-refractivity contribution is 0.0943. The third-order valence-corrected chi connectivity index (χ3v) is 6.14. The number of amides is 1. The Morgan fingerprint density at radius 3 is 2.27 bits per heavy atom. The molecule has 0 spiro atoms. The van der Waals surface area contributed by atoms with Gasteiger partial charge in [0, 0.05) is 36.0 Å². The maximum atomic E-state index is 12.9. The van der Waals surface area contributed by atoms with Crippen LogP contribution in [0, 0.1) is 6.92 Å². The number of nitrogens with one attached hydrogen (secondary N) is 2. The lowest BCUT2D eigenvalue weighted by Crippen LogP contribution is -2.41. The van der Waals surface area contributed by atoms with Crippen LogP contribution in [-0.2, 0) is 15.4 Å². The Hall–Kier alpha value is -2.84. The Morgan fingerprint density at radius 2 is 1.67 bits per heavy atom. The van der Waals surface area contributed by atoms with E-state index in [2.05, 4.69) is 10.3 Å². The van der Waals surface area contributed by atoms with Crippen LogP contribution in [-0.4, -0.2) is 28.4 Å². The fraction of sp³-hybridized carbons (Fsp3) is 0.318. The van der Waals surface area contributed by atoms with Gasteiger partial charge in [0.1, 0.15) is 11.5 Å². The van der Waals surface area contributed by atoms with Gasteiger partial charge in [-0.05, 0) is 25.1 Å². The first kappa shape index (κ1) is 21.9. The highest BCUT2D eigenvalue weighted by molar-refractivity contribution is 7.89. The largest absolute Gasteiger partial charge is 0.465 e. The summed E-state index contributed by atoms with van der Waals surface area (Å²) >= 11 is 0. The number of sulfonamides is 1. The molecule has 0 saturated carbocycles. The fourth-order valence-corrected chi connectivity index (χ4v) is 4.26. The molecule has 0 aliphatic heterocycles. The highest BCUT2D eigenvalue weighted by atomic mass is 32.2. The zero-order valence-electron chi connectivity index (χ0n) is 18.0. The maximum absolute atomic E-state index is 12.9. The van der Waals surface area contributed by atoms with Gasteiger partial charge < -0.3 is 9.32 Å². The zero-order valence-corrected chi connectivity index (χ0v) is 18.8. The number of benzene rings is 2. The molecule has 8 heteroatoms. The Labute approximate surface area is 177 Å². The number of nitrogens with zero attached hydrogens (tertiary/aromatic N) is 1. The monoisotopic (exact) mass is 429 g/mol. The van der Waals surface area contributed by atoms with Crippen molar-refractivity contribution in [2.24, 2.45) is 0 Å². The molecule has 160 valence electrons. The lowest BCUT2D eigenvalue weighted by Gasteiger charge is -2.17. The average molecular weight is 430 g/mol. The van der Waals surface area contributed by atoms with Crippen LogP contribution in [0.25, 0.3) is 10.8 Å². The third-order valence-electron chi connectivity index (χ3n) is 4.83. The van der Waals surface area contributed by atoms with Crippen LogP contribution in [0.15, 0.2) is 51.8 Å². The minimum absolute atomic E-state index is 0.0864. The Kier molecular flexibility index (Phi) is 5.66. The van der Waals surface area contributed by atoms with E-state index in [0.29, 0.717) is 16.9 Å². The van der Waals surface area contributed by atoms with Gasteiger partial charge in [-0.1, -0.05) is 45.0 Å². The van der Waals surface area contributed by atoms with Crippen molar-refractivity contribution >= 4 is 32.4 Å². The molecule has 3 aromatic rings. The maximum Gasteiger partial charge on any atom is 0.269 e. The normalized spacial score (nSPS) is 12.2. The molecule has 0 radical (unpaired) electrons. The molecule has 1 aromatic heterocycles. The molecule has 7 nitrogen and oxygen atoms in total. The van der Waals surface area contributed by atoms with Crippen molar-refractivity contribution in [1.29, 1.82) is 0 Å². The number of aryl methyl sites for hydroxylation is 1. The van der Waals surface area contributed by atoms with Crippen molar-refractivity contribution in [3.05, 3.63) is 59.5 Å². The van der Waals surface area contributed by atoms with Gasteiger partial charge >= 0.3 is 0 Å². The van der Waals surface area contributed by atoms with Gasteiger partial charge in [0.05, 0.1) is 10.5 Å². The molecule has 0 atom stereocenters. The highest BCUT2D eigenvalue weighted by Gasteiger charge is 2.25. The molecule has 0 saturated heterocycles. The number of hydrogen-bond acceptors (Lipinski definition) is 5. The second-order valence-corrected chi connectivity index (χ2v) is 10.1. The standard InChI is InChI=1S/C22H27N3O4S/c1-14-17(13-20(29-14)22(2,3)4)21(26)23-24-30(27,28)19-12-8-9-15-16(19)10-7-11-18(15)25(5)6/h7-13,24H,1-6H3,(H,23,26). The van der Waals surface area contributed by atoms with E-state index in [-0.39, 0.29) is 15.9 Å². The molecule has 1 heterocycles. The minimum atomic E-state index is -4.00. The topological polar surface area (TPSA) is 91.6 Å². The summed E-state index contributed by atoms with van der Waals surface area (Å²) in [5, 5.41) is 1.37. The number of carbonyl (C=O) groups excluding carboxylic acids is 1. The number of fused-ring (bicyclic) bond motifs is 1. The molecule has 2 aromatic carbocycles. The number of hydrazine groups is 1. The van der Waals surface area contributed by atoms with E-state index in [1.54, 1.807) is 31.2 Å². The second-order valence-electron chi connectivity index (χ2n) is 8.41. The quantitative estimate of drug-likeness (QED) is 0.603. The molecular weight excluding hydrogens is 402 g/mol. The van der Waals surface area contributed by atoms with Gasteiger partial charge in [-0.2, -0.15) is 0 Å². The van der Waals surface area contributed by atoms with Crippen LogP contribution in [0.3, 0.4) is 0 Å². The summed E-state index contributed by atoms with van der Waals surface area (Å²) in [6, 6.07) is 12.2. The van der Waals surface area contributed by atoms with E-state index in [4.69, 9.17) is 4.42 Å². The molecular formula is C22H27N3O4S.